The average molecular weight is 840 g/mol. The molecule has 4 aromatic rings. The van der Waals surface area contributed by atoms with Crippen molar-refractivity contribution in [1.82, 2.24) is 10.4 Å². The molecule has 1 aromatic heterocycles. The Hall–Kier alpha value is -6.21. The molecule has 3 aliphatic heterocycles. The summed E-state index contributed by atoms with van der Waals surface area (Å²) in [6, 6.07) is 14.3. The Morgan fingerprint density at radius 1 is 1.08 bits per heavy atom. The zero-order chi connectivity index (χ0) is 43.6. The third-order valence-corrected chi connectivity index (χ3v) is 10.7. The van der Waals surface area contributed by atoms with E-state index in [4.69, 9.17) is 23.5 Å². The number of nitrogens with one attached hydrogen (secondary N) is 1. The average Bonchev–Trinajstić information content (AvgIpc) is 3.82. The van der Waals surface area contributed by atoms with Gasteiger partial charge in [0.25, 0.3) is 0 Å². The minimum absolute atomic E-state index is 0.0260. The minimum Gasteiger partial charge on any atom is -0.508 e. The molecular weight excluding hydrogens is 794 g/mol. The molecule has 320 valence electrons. The number of rotatable bonds is 16. The topological polar surface area (TPSA) is 247 Å². The lowest BCUT2D eigenvalue weighted by molar-refractivity contribution is -0.370. The van der Waals surface area contributed by atoms with Crippen molar-refractivity contribution >= 4 is 41.1 Å². The summed E-state index contributed by atoms with van der Waals surface area (Å²) in [5.74, 6) is -2.80. The Balaban J connectivity index is 1.26. The molecule has 0 aliphatic carbocycles. The maximum Gasteiger partial charge on any atom is 0.334 e. The van der Waals surface area contributed by atoms with Crippen molar-refractivity contribution in [2.75, 3.05) is 19.7 Å². The second-order valence-corrected chi connectivity index (χ2v) is 15.0. The summed E-state index contributed by atoms with van der Waals surface area (Å²) < 4.78 is 23.8. The highest BCUT2D eigenvalue weighted by Gasteiger charge is 2.62. The van der Waals surface area contributed by atoms with Crippen molar-refractivity contribution in [3.8, 4) is 22.6 Å². The molecule has 7 atom stereocenters. The number of fused-ring (bicyclic) bond motifs is 2. The number of ether oxygens (including phenoxy) is 3. The van der Waals surface area contributed by atoms with Gasteiger partial charge in [-0.3, -0.25) is 19.9 Å². The van der Waals surface area contributed by atoms with Crippen LogP contribution in [0.15, 0.2) is 98.5 Å². The third-order valence-electron chi connectivity index (χ3n) is 10.7. The van der Waals surface area contributed by atoms with E-state index in [9.17, 15) is 44.7 Å². The summed E-state index contributed by atoms with van der Waals surface area (Å²) in [5.41, 5.74) is 2.45. The zero-order valence-electron chi connectivity index (χ0n) is 33.4. The van der Waals surface area contributed by atoms with Gasteiger partial charge in [-0.25, -0.2) is 14.7 Å². The molecule has 4 heterocycles. The fourth-order valence-electron chi connectivity index (χ4n) is 7.71. The van der Waals surface area contributed by atoms with Gasteiger partial charge in [-0.1, -0.05) is 36.2 Å². The Kier molecular flexibility index (Phi) is 12.5. The Morgan fingerprint density at radius 3 is 2.51 bits per heavy atom. The molecule has 0 bridgehead atoms. The number of phenolic OH excluding ortho intramolecular Hbond substituents is 1. The van der Waals surface area contributed by atoms with Crippen LogP contribution in [0.25, 0.3) is 27.8 Å². The third kappa shape index (κ3) is 8.56. The van der Waals surface area contributed by atoms with E-state index in [1.165, 1.54) is 41.7 Å². The highest BCUT2D eigenvalue weighted by atomic mass is 16.8. The molecule has 61 heavy (non-hydrogen) atoms. The Bertz CT molecular complexity index is 2460. The molecule has 0 radical (unpaired) electrons. The van der Waals surface area contributed by atoms with Gasteiger partial charge in [-0.05, 0) is 68.3 Å². The predicted molar refractivity (Wildman–Crippen MR) is 218 cm³/mol. The summed E-state index contributed by atoms with van der Waals surface area (Å²) in [6.07, 6.45) is -3.73. The molecule has 0 unspecified atom stereocenters. The van der Waals surface area contributed by atoms with Crippen molar-refractivity contribution in [3.63, 3.8) is 0 Å². The molecule has 0 amide bonds. The first kappa shape index (κ1) is 42.9. The first-order chi connectivity index (χ1) is 29.2. The number of carbonyl (C=O) groups is 3. The fourth-order valence-corrected chi connectivity index (χ4v) is 7.71. The van der Waals surface area contributed by atoms with E-state index in [-0.39, 0.29) is 59.4 Å². The SMILES string of the molecule is CC[C@H](O)[C@]1(O)[C@H](ON2CC3=CC=NC3=C2c2cc(C)cc(C)c2)[C@@H](Oc2ccc3c(=O)c(-c4ccc(O)cc4)coc3c2)O[C@@H](COC(=O)[C@H](NCCC=O)C(=O)O)[C@@H]1O. The summed E-state index contributed by atoms with van der Waals surface area (Å²) in [4.78, 5) is 60.5. The zero-order valence-corrected chi connectivity index (χ0v) is 33.4. The maximum atomic E-state index is 13.6. The number of aromatic hydroxyl groups is 1. The van der Waals surface area contributed by atoms with Crippen LogP contribution in [0, 0.1) is 13.8 Å². The normalized spacial score (nSPS) is 23.1. The van der Waals surface area contributed by atoms with E-state index in [0.29, 0.717) is 23.2 Å². The number of aliphatic hydroxyl groups is 3. The molecule has 3 aliphatic rings. The number of hydroxylamine groups is 2. The molecule has 17 nitrogen and oxygen atoms in total. The standard InChI is InChI=1S/C44H45N3O14/c1-4-34(50)44(56)39(52)33(22-58-42(55)36(41(53)54)45-13-5-15-48)60-43(40(44)61-47-20-26-12-14-46-35(26)37(47)27-17-23(2)16-24(3)18-27)59-29-10-11-30-32(19-29)57-21-31(38(30)51)25-6-8-28(49)9-7-25/h6-12,14-19,21,33-34,36,39-40,43,45,49-50,52,56H,4-5,13,20,22H2,1-3H3,(H,53,54)/t33-,34-,36+,39-,40+,43-,44+/m0/s1. The van der Waals surface area contributed by atoms with Crippen LogP contribution in [0.5, 0.6) is 11.5 Å². The number of hydrogen-bond acceptors (Lipinski definition) is 16. The van der Waals surface area contributed by atoms with Crippen LogP contribution >= 0.6 is 0 Å². The number of aliphatic imine (C=N–C) groups is 1. The number of allylic oxidation sites excluding steroid dienone is 1. The maximum absolute atomic E-state index is 13.6. The number of carbonyl (C=O) groups excluding carboxylic acids is 2. The van der Waals surface area contributed by atoms with Crippen LogP contribution in [0.2, 0.25) is 0 Å². The van der Waals surface area contributed by atoms with E-state index in [1.807, 2.05) is 38.1 Å². The number of hydrogen-bond donors (Lipinski definition) is 6. The van der Waals surface area contributed by atoms with Gasteiger partial charge in [0.2, 0.25) is 12.3 Å². The van der Waals surface area contributed by atoms with Crippen LogP contribution in [-0.2, 0) is 28.7 Å². The number of nitrogens with zero attached hydrogens (tertiary/aromatic N) is 2. The van der Waals surface area contributed by atoms with Crippen molar-refractivity contribution in [2.24, 2.45) is 4.99 Å². The lowest BCUT2D eigenvalue weighted by Gasteiger charge is -2.51. The van der Waals surface area contributed by atoms with Crippen LogP contribution in [-0.4, -0.2) is 117 Å². The lowest BCUT2D eigenvalue weighted by Crippen LogP contribution is -2.73. The molecule has 17 heteroatoms. The molecule has 3 aromatic carbocycles. The van der Waals surface area contributed by atoms with E-state index < -0.39 is 60.9 Å². The van der Waals surface area contributed by atoms with Gasteiger partial charge in [0.1, 0.15) is 48.4 Å². The van der Waals surface area contributed by atoms with Gasteiger partial charge < -0.3 is 49.0 Å². The molecule has 0 spiro atoms. The Labute approximate surface area is 348 Å². The number of carboxylic acids is 1. The number of phenols is 1. The van der Waals surface area contributed by atoms with Crippen LogP contribution in [0.3, 0.4) is 0 Å². The number of aliphatic hydroxyl groups excluding tert-OH is 2. The molecule has 6 N–H and O–H groups in total. The lowest BCUT2D eigenvalue weighted by atomic mass is 9.78. The van der Waals surface area contributed by atoms with E-state index in [2.05, 4.69) is 10.3 Å². The van der Waals surface area contributed by atoms with E-state index in [1.54, 1.807) is 25.3 Å². The van der Waals surface area contributed by atoms with Gasteiger partial charge in [0, 0.05) is 36.4 Å². The summed E-state index contributed by atoms with van der Waals surface area (Å²) in [5, 5.41) is 59.6. The number of esters is 1. The smallest absolute Gasteiger partial charge is 0.334 e. The van der Waals surface area contributed by atoms with Crippen molar-refractivity contribution < 1.29 is 63.4 Å². The van der Waals surface area contributed by atoms with Crippen molar-refractivity contribution in [3.05, 3.63) is 111 Å². The number of aryl methyl sites for hydroxylation is 2. The summed E-state index contributed by atoms with van der Waals surface area (Å²) in [7, 11) is 0. The summed E-state index contributed by atoms with van der Waals surface area (Å²) in [6.45, 7) is 4.62. The van der Waals surface area contributed by atoms with E-state index in [0.717, 1.165) is 22.3 Å². The first-order valence-electron chi connectivity index (χ1n) is 19.6. The molecule has 7 rings (SSSR count). The highest BCUT2D eigenvalue weighted by Crippen LogP contribution is 2.43. The number of carboxylic acid groups (broad SMARTS) is 1. The summed E-state index contributed by atoms with van der Waals surface area (Å²) >= 11 is 0. The van der Waals surface area contributed by atoms with Gasteiger partial charge in [-0.15, -0.1) is 0 Å². The number of benzene rings is 3. The molecule has 1 fully saturated rings. The van der Waals surface area contributed by atoms with Gasteiger partial charge >= 0.3 is 11.9 Å². The molecule has 0 saturated carbocycles. The monoisotopic (exact) mass is 839 g/mol. The predicted octanol–water partition coefficient (Wildman–Crippen LogP) is 2.92. The Morgan fingerprint density at radius 2 is 1.82 bits per heavy atom. The van der Waals surface area contributed by atoms with Crippen LogP contribution < -0.4 is 15.5 Å². The highest BCUT2D eigenvalue weighted by molar-refractivity contribution is 5.98. The largest absolute Gasteiger partial charge is 0.508 e. The number of aldehydes is 1. The molecular formula is C44H45N3O14. The molecule has 1 saturated heterocycles. The van der Waals surface area contributed by atoms with Gasteiger partial charge in [0.05, 0.1) is 35.0 Å². The van der Waals surface area contributed by atoms with Gasteiger partial charge in [0.15, 0.2) is 17.1 Å². The van der Waals surface area contributed by atoms with E-state index >= 15 is 0 Å². The number of aliphatic carboxylic acids is 1. The van der Waals surface area contributed by atoms with Crippen LogP contribution in [0.4, 0.5) is 0 Å². The minimum atomic E-state index is -2.61. The van der Waals surface area contributed by atoms with Crippen molar-refractivity contribution in [1.29, 1.82) is 0 Å². The second kappa shape index (κ2) is 17.8. The first-order valence-corrected chi connectivity index (χ1v) is 19.6. The van der Waals surface area contributed by atoms with Gasteiger partial charge in [-0.2, -0.15) is 0 Å². The quantitative estimate of drug-likeness (QED) is 0.0411. The second-order valence-electron chi connectivity index (χ2n) is 15.0. The van der Waals surface area contributed by atoms with Crippen LogP contribution in [0.1, 0.15) is 36.5 Å². The van der Waals surface area contributed by atoms with Crippen molar-refractivity contribution in [2.45, 2.75) is 76.0 Å². The fraction of sp³-hybridized carbons (Fsp3) is 0.341.